The summed E-state index contributed by atoms with van der Waals surface area (Å²) in [5.74, 6) is 1.39. The van der Waals surface area contributed by atoms with Crippen LogP contribution in [0.25, 0.3) is 0 Å². The first-order valence-electron chi connectivity index (χ1n) is 15.6. The van der Waals surface area contributed by atoms with E-state index in [2.05, 4.69) is 112 Å². The van der Waals surface area contributed by atoms with Crippen molar-refractivity contribution in [3.8, 4) is 11.5 Å². The van der Waals surface area contributed by atoms with Crippen molar-refractivity contribution in [1.82, 2.24) is 9.80 Å². The SMILES string of the molecule is CC(C)(c1cc(Br)c(OC[C@@H](O)CN2CCCCCC2)c(Br)c1)c1cc(Br)c(OC[C@H](O)CN2CCCCCC2)c(Br)c1. The van der Waals surface area contributed by atoms with Gasteiger partial charge < -0.3 is 29.5 Å². The van der Waals surface area contributed by atoms with E-state index >= 15 is 0 Å². The molecule has 4 rings (SSSR count). The first-order valence-corrected chi connectivity index (χ1v) is 18.8. The Morgan fingerprint density at radius 1 is 0.605 bits per heavy atom. The average molecular weight is 854 g/mol. The van der Waals surface area contributed by atoms with Crippen LogP contribution in [0, 0.1) is 0 Å². The van der Waals surface area contributed by atoms with Crippen LogP contribution in [-0.4, -0.2) is 84.7 Å². The monoisotopic (exact) mass is 850 g/mol. The van der Waals surface area contributed by atoms with E-state index in [9.17, 15) is 10.2 Å². The van der Waals surface area contributed by atoms with Gasteiger partial charge >= 0.3 is 0 Å². The number of hydrogen-bond acceptors (Lipinski definition) is 6. The number of rotatable bonds is 12. The fourth-order valence-corrected chi connectivity index (χ4v) is 8.81. The van der Waals surface area contributed by atoms with Gasteiger partial charge in [0.25, 0.3) is 0 Å². The maximum atomic E-state index is 10.7. The maximum absolute atomic E-state index is 10.7. The van der Waals surface area contributed by atoms with Crippen LogP contribution in [0.2, 0.25) is 0 Å². The normalized spacial score (nSPS) is 19.0. The molecule has 0 aliphatic carbocycles. The van der Waals surface area contributed by atoms with E-state index in [-0.39, 0.29) is 18.6 Å². The molecule has 43 heavy (non-hydrogen) atoms. The number of aliphatic hydroxyl groups is 2. The summed E-state index contributed by atoms with van der Waals surface area (Å²) in [7, 11) is 0. The van der Waals surface area contributed by atoms with E-state index in [1.807, 2.05) is 0 Å². The van der Waals surface area contributed by atoms with Gasteiger partial charge in [0.2, 0.25) is 0 Å². The summed E-state index contributed by atoms with van der Waals surface area (Å²) in [4.78, 5) is 4.70. The maximum Gasteiger partial charge on any atom is 0.147 e. The molecule has 2 aliphatic heterocycles. The molecule has 0 saturated carbocycles. The third-order valence-electron chi connectivity index (χ3n) is 8.62. The predicted molar refractivity (Wildman–Crippen MR) is 189 cm³/mol. The van der Waals surface area contributed by atoms with Crippen molar-refractivity contribution in [2.45, 2.75) is 82.8 Å². The lowest BCUT2D eigenvalue weighted by Crippen LogP contribution is -2.36. The molecule has 0 aromatic heterocycles. The van der Waals surface area contributed by atoms with E-state index in [0.717, 1.165) is 55.2 Å². The molecule has 0 spiro atoms. The van der Waals surface area contributed by atoms with Crippen LogP contribution >= 0.6 is 63.7 Å². The zero-order chi connectivity index (χ0) is 31.0. The van der Waals surface area contributed by atoms with Crippen LogP contribution in [0.15, 0.2) is 42.2 Å². The first-order chi connectivity index (χ1) is 20.5. The predicted octanol–water partition coefficient (Wildman–Crippen LogP) is 8.29. The van der Waals surface area contributed by atoms with Crippen LogP contribution in [0.5, 0.6) is 11.5 Å². The molecule has 0 bridgehead atoms. The molecule has 0 radical (unpaired) electrons. The van der Waals surface area contributed by atoms with Crippen LogP contribution in [-0.2, 0) is 5.41 Å². The van der Waals surface area contributed by atoms with Crippen molar-refractivity contribution in [3.05, 3.63) is 53.3 Å². The van der Waals surface area contributed by atoms with Crippen molar-refractivity contribution >= 4 is 63.7 Å². The Labute approximate surface area is 291 Å². The summed E-state index contributed by atoms with van der Waals surface area (Å²) in [5, 5.41) is 21.3. The number of likely N-dealkylation sites (tertiary alicyclic amines) is 2. The van der Waals surface area contributed by atoms with E-state index < -0.39 is 12.2 Å². The summed E-state index contributed by atoms with van der Waals surface area (Å²) < 4.78 is 15.6. The van der Waals surface area contributed by atoms with Gasteiger partial charge in [0.1, 0.15) is 36.9 Å². The van der Waals surface area contributed by atoms with Gasteiger partial charge in [-0.3, -0.25) is 0 Å². The van der Waals surface area contributed by atoms with E-state index in [4.69, 9.17) is 9.47 Å². The fraction of sp³-hybridized carbons (Fsp3) is 0.636. The minimum Gasteiger partial charge on any atom is -0.488 e. The Balaban J connectivity index is 1.39. The molecule has 0 amide bonds. The van der Waals surface area contributed by atoms with Gasteiger partial charge in [0, 0.05) is 18.5 Å². The first kappa shape index (κ1) is 35.7. The van der Waals surface area contributed by atoms with E-state index in [1.165, 1.54) is 51.4 Å². The topological polar surface area (TPSA) is 65.4 Å². The molecule has 2 heterocycles. The summed E-state index contributed by atoms with van der Waals surface area (Å²) >= 11 is 14.9. The van der Waals surface area contributed by atoms with Crippen molar-refractivity contribution < 1.29 is 19.7 Å². The molecule has 2 saturated heterocycles. The molecule has 2 aromatic carbocycles. The van der Waals surface area contributed by atoms with Gasteiger partial charge in [-0.25, -0.2) is 0 Å². The Morgan fingerprint density at radius 3 is 1.21 bits per heavy atom. The Kier molecular flexibility index (Phi) is 14.2. The average Bonchev–Trinajstić information content (AvgIpc) is 3.37. The molecular formula is C33H46Br4N2O4. The van der Waals surface area contributed by atoms with Crippen molar-refractivity contribution in [1.29, 1.82) is 0 Å². The van der Waals surface area contributed by atoms with Crippen molar-refractivity contribution in [3.63, 3.8) is 0 Å². The molecule has 240 valence electrons. The smallest absolute Gasteiger partial charge is 0.147 e. The summed E-state index contributed by atoms with van der Waals surface area (Å²) in [5.41, 5.74) is 1.86. The number of β-amino-alcohol motifs (C(OH)–C–C–N with tert-alkyl or cyclic N) is 2. The quantitative estimate of drug-likeness (QED) is 0.224. The van der Waals surface area contributed by atoms with E-state index in [1.54, 1.807) is 0 Å². The molecule has 2 aliphatic rings. The van der Waals surface area contributed by atoms with Gasteiger partial charge in [0.15, 0.2) is 0 Å². The van der Waals surface area contributed by atoms with Gasteiger partial charge in [-0.1, -0.05) is 39.5 Å². The van der Waals surface area contributed by atoms with Gasteiger partial charge in [-0.05, 0) is 151 Å². The van der Waals surface area contributed by atoms with Crippen LogP contribution in [0.1, 0.15) is 76.3 Å². The second-order valence-corrected chi connectivity index (χ2v) is 15.9. The summed E-state index contributed by atoms with van der Waals surface area (Å²) in [6.45, 7) is 10.3. The molecule has 10 heteroatoms. The fourth-order valence-electron chi connectivity index (χ4n) is 5.98. The lowest BCUT2D eigenvalue weighted by Gasteiger charge is -2.29. The van der Waals surface area contributed by atoms with Crippen LogP contribution in [0.3, 0.4) is 0 Å². The largest absolute Gasteiger partial charge is 0.488 e. The zero-order valence-electron chi connectivity index (χ0n) is 25.4. The van der Waals surface area contributed by atoms with E-state index in [0.29, 0.717) is 24.6 Å². The van der Waals surface area contributed by atoms with Gasteiger partial charge in [0.05, 0.1) is 17.9 Å². The third kappa shape index (κ3) is 10.4. The molecule has 0 unspecified atom stereocenters. The summed E-state index contributed by atoms with van der Waals surface area (Å²) in [6.07, 6.45) is 8.83. The van der Waals surface area contributed by atoms with Crippen LogP contribution in [0.4, 0.5) is 0 Å². The van der Waals surface area contributed by atoms with Crippen molar-refractivity contribution in [2.24, 2.45) is 0 Å². The highest BCUT2D eigenvalue weighted by atomic mass is 79.9. The molecule has 2 aromatic rings. The molecule has 6 nitrogen and oxygen atoms in total. The highest BCUT2D eigenvalue weighted by Crippen LogP contribution is 2.44. The lowest BCUT2D eigenvalue weighted by atomic mass is 9.78. The number of benzene rings is 2. The number of aliphatic hydroxyl groups excluding tert-OH is 2. The third-order valence-corrected chi connectivity index (χ3v) is 11.0. The van der Waals surface area contributed by atoms with Gasteiger partial charge in [-0.15, -0.1) is 0 Å². The van der Waals surface area contributed by atoms with Crippen molar-refractivity contribution in [2.75, 3.05) is 52.5 Å². The molecule has 2 fully saturated rings. The highest BCUT2D eigenvalue weighted by molar-refractivity contribution is 9.11. The second-order valence-electron chi connectivity index (χ2n) is 12.5. The summed E-state index contributed by atoms with van der Waals surface area (Å²) in [6, 6.07) is 8.36. The number of ether oxygens (including phenoxy) is 2. The molecule has 2 atom stereocenters. The second kappa shape index (κ2) is 17.1. The Hall–Kier alpha value is -0.200. The molecule has 2 N–H and O–H groups in total. The minimum absolute atomic E-state index is 0.241. The highest BCUT2D eigenvalue weighted by Gasteiger charge is 2.28. The Morgan fingerprint density at radius 2 is 0.907 bits per heavy atom. The standard InChI is InChI=1S/C33H46Br4N2O4/c1-33(2,23-15-27(34)31(28(35)16-23)42-21-25(40)19-38-11-7-3-4-8-12-38)24-17-29(36)32(30(37)18-24)43-22-26(41)20-39-13-9-5-6-10-14-39/h15-18,25-26,40-41H,3-14,19-22H2,1-2H3/t25-,26+. The van der Waals surface area contributed by atoms with Crippen LogP contribution < -0.4 is 9.47 Å². The number of halogens is 4. The lowest BCUT2D eigenvalue weighted by molar-refractivity contribution is 0.0687. The van der Waals surface area contributed by atoms with Gasteiger partial charge in [-0.2, -0.15) is 0 Å². The zero-order valence-corrected chi connectivity index (χ0v) is 31.7. The Bertz CT molecular complexity index is 1050. The number of nitrogens with zero attached hydrogens (tertiary/aromatic N) is 2. The minimum atomic E-state index is -0.543. The number of hydrogen-bond donors (Lipinski definition) is 2. The molecular weight excluding hydrogens is 808 g/mol.